The highest BCUT2D eigenvalue weighted by molar-refractivity contribution is 6.08. The Balaban J connectivity index is 1.79. The molecule has 0 saturated carbocycles. The lowest BCUT2D eigenvalue weighted by Crippen LogP contribution is -2.41. The van der Waals surface area contributed by atoms with E-state index in [1.54, 1.807) is 12.1 Å². The van der Waals surface area contributed by atoms with Crippen LogP contribution in [0.3, 0.4) is 0 Å². The van der Waals surface area contributed by atoms with Crippen molar-refractivity contribution in [3.05, 3.63) is 45.8 Å². The largest absolute Gasteiger partial charge is 0.379 e. The van der Waals surface area contributed by atoms with Crippen LogP contribution in [0.4, 0.5) is 5.69 Å². The second-order valence-electron chi connectivity index (χ2n) is 5.95. The maximum absolute atomic E-state index is 12.5. The van der Waals surface area contributed by atoms with Crippen molar-refractivity contribution in [1.82, 2.24) is 15.2 Å². The van der Waals surface area contributed by atoms with Gasteiger partial charge in [0, 0.05) is 43.8 Å². The molecule has 0 radical (unpaired) electrons. The van der Waals surface area contributed by atoms with E-state index in [1.807, 2.05) is 6.92 Å². The molecular formula is C17H20N4O4. The van der Waals surface area contributed by atoms with E-state index in [-0.39, 0.29) is 17.3 Å². The molecule has 0 unspecified atom stereocenters. The van der Waals surface area contributed by atoms with Crippen molar-refractivity contribution < 1.29 is 14.5 Å². The summed E-state index contributed by atoms with van der Waals surface area (Å²) < 4.78 is 5.29. The Morgan fingerprint density at radius 2 is 2.12 bits per heavy atom. The molecule has 132 valence electrons. The van der Waals surface area contributed by atoms with E-state index in [1.165, 1.54) is 12.3 Å². The fourth-order valence-corrected chi connectivity index (χ4v) is 3.02. The smallest absolute Gasteiger partial charge is 0.277 e. The summed E-state index contributed by atoms with van der Waals surface area (Å²) in [5.41, 5.74) is 0.984. The van der Waals surface area contributed by atoms with E-state index in [2.05, 4.69) is 15.2 Å². The van der Waals surface area contributed by atoms with Gasteiger partial charge in [-0.1, -0.05) is 6.07 Å². The van der Waals surface area contributed by atoms with E-state index in [4.69, 9.17) is 4.74 Å². The zero-order chi connectivity index (χ0) is 17.8. The van der Waals surface area contributed by atoms with Crippen LogP contribution in [0.1, 0.15) is 16.1 Å². The summed E-state index contributed by atoms with van der Waals surface area (Å²) >= 11 is 0. The van der Waals surface area contributed by atoms with Crippen LogP contribution < -0.4 is 5.32 Å². The van der Waals surface area contributed by atoms with Crippen LogP contribution in [0, 0.1) is 17.0 Å². The van der Waals surface area contributed by atoms with Gasteiger partial charge in [-0.15, -0.1) is 0 Å². The van der Waals surface area contributed by atoms with E-state index >= 15 is 0 Å². The van der Waals surface area contributed by atoms with Crippen molar-refractivity contribution in [3.8, 4) is 0 Å². The topological polar surface area (TPSA) is 97.6 Å². The number of ether oxygens (including phenoxy) is 1. The quantitative estimate of drug-likeness (QED) is 0.652. The van der Waals surface area contributed by atoms with Crippen LogP contribution in [0.15, 0.2) is 24.4 Å². The third-order valence-corrected chi connectivity index (χ3v) is 4.34. The molecule has 8 nitrogen and oxygen atoms in total. The Labute approximate surface area is 144 Å². The summed E-state index contributed by atoms with van der Waals surface area (Å²) in [6.45, 7) is 6.17. The lowest BCUT2D eigenvalue weighted by molar-refractivity contribution is -0.383. The number of amides is 1. The number of carbonyl (C=O) groups excluding carboxylic acids is 1. The second-order valence-corrected chi connectivity index (χ2v) is 5.95. The summed E-state index contributed by atoms with van der Waals surface area (Å²) in [4.78, 5) is 29.7. The van der Waals surface area contributed by atoms with E-state index < -0.39 is 4.92 Å². The Hall–Kier alpha value is -2.58. The molecule has 2 aromatic rings. The molecule has 1 saturated heterocycles. The van der Waals surface area contributed by atoms with Gasteiger partial charge < -0.3 is 10.1 Å². The van der Waals surface area contributed by atoms with Crippen LogP contribution in [0.5, 0.6) is 0 Å². The van der Waals surface area contributed by atoms with Gasteiger partial charge in [-0.3, -0.25) is 24.8 Å². The number of nitrogens with one attached hydrogen (secondary N) is 1. The zero-order valence-corrected chi connectivity index (χ0v) is 14.0. The summed E-state index contributed by atoms with van der Waals surface area (Å²) in [6, 6.07) is 4.68. The maximum Gasteiger partial charge on any atom is 0.277 e. The van der Waals surface area contributed by atoms with Gasteiger partial charge in [0.15, 0.2) is 0 Å². The number of aryl methyl sites for hydroxylation is 1. The lowest BCUT2D eigenvalue weighted by atomic mass is 10.0. The lowest BCUT2D eigenvalue weighted by Gasteiger charge is -2.26. The van der Waals surface area contributed by atoms with Gasteiger partial charge in [0.25, 0.3) is 11.6 Å². The Bertz CT molecular complexity index is 803. The van der Waals surface area contributed by atoms with Gasteiger partial charge in [0.05, 0.1) is 23.5 Å². The molecular weight excluding hydrogens is 324 g/mol. The van der Waals surface area contributed by atoms with Gasteiger partial charge in [0.2, 0.25) is 0 Å². The number of morpholine rings is 1. The number of benzene rings is 1. The fourth-order valence-electron chi connectivity index (χ4n) is 3.02. The number of hydrogen-bond donors (Lipinski definition) is 1. The zero-order valence-electron chi connectivity index (χ0n) is 14.0. The van der Waals surface area contributed by atoms with Crippen molar-refractivity contribution in [2.45, 2.75) is 6.92 Å². The average molecular weight is 344 g/mol. The third-order valence-electron chi connectivity index (χ3n) is 4.34. The highest BCUT2D eigenvalue weighted by Gasteiger charge is 2.19. The van der Waals surface area contributed by atoms with Crippen molar-refractivity contribution in [2.24, 2.45) is 0 Å². The molecule has 1 aromatic carbocycles. The number of nitro benzene ring substituents is 1. The number of pyridine rings is 1. The molecule has 3 rings (SSSR count). The summed E-state index contributed by atoms with van der Waals surface area (Å²) in [5, 5.41) is 15.0. The highest BCUT2D eigenvalue weighted by atomic mass is 16.6. The number of hydrogen-bond acceptors (Lipinski definition) is 6. The predicted octanol–water partition coefficient (Wildman–Crippen LogP) is 1.51. The molecule has 0 aliphatic carbocycles. The SMILES string of the molecule is Cc1ccc([N+](=O)[O-])c2ccnc(C(=O)NCCN3CCOCC3)c12. The number of nitrogens with zero attached hydrogens (tertiary/aromatic N) is 3. The molecule has 0 atom stereocenters. The molecule has 1 aliphatic heterocycles. The van der Waals surface area contributed by atoms with Crippen LogP contribution >= 0.6 is 0 Å². The number of non-ortho nitro benzene ring substituents is 1. The van der Waals surface area contributed by atoms with Gasteiger partial charge in [-0.05, 0) is 18.6 Å². The van der Waals surface area contributed by atoms with Crippen molar-refractivity contribution >= 4 is 22.4 Å². The summed E-state index contributed by atoms with van der Waals surface area (Å²) in [5.74, 6) is -0.317. The number of aromatic nitrogens is 1. The molecule has 2 heterocycles. The molecule has 1 aromatic heterocycles. The number of rotatable bonds is 5. The number of nitro groups is 1. The number of carbonyl (C=O) groups is 1. The molecule has 0 spiro atoms. The minimum absolute atomic E-state index is 0.0228. The Kier molecular flexibility index (Phi) is 5.20. The van der Waals surface area contributed by atoms with E-state index in [9.17, 15) is 14.9 Å². The molecule has 1 amide bonds. The van der Waals surface area contributed by atoms with E-state index in [0.717, 1.165) is 25.2 Å². The van der Waals surface area contributed by atoms with Gasteiger partial charge in [0.1, 0.15) is 5.69 Å². The van der Waals surface area contributed by atoms with Crippen LogP contribution in [0.25, 0.3) is 10.8 Å². The minimum atomic E-state index is -0.443. The van der Waals surface area contributed by atoms with Crippen molar-refractivity contribution in [1.29, 1.82) is 0 Å². The first kappa shape index (κ1) is 17.2. The van der Waals surface area contributed by atoms with Crippen molar-refractivity contribution in [3.63, 3.8) is 0 Å². The average Bonchev–Trinajstić information content (AvgIpc) is 2.62. The molecule has 1 fully saturated rings. The number of fused-ring (bicyclic) bond motifs is 1. The fraction of sp³-hybridized carbons (Fsp3) is 0.412. The van der Waals surface area contributed by atoms with Gasteiger partial charge in [-0.25, -0.2) is 0 Å². The first-order valence-corrected chi connectivity index (χ1v) is 8.19. The second kappa shape index (κ2) is 7.54. The first-order valence-electron chi connectivity index (χ1n) is 8.19. The summed E-state index contributed by atoms with van der Waals surface area (Å²) in [7, 11) is 0. The van der Waals surface area contributed by atoms with Crippen molar-refractivity contribution in [2.75, 3.05) is 39.4 Å². The van der Waals surface area contributed by atoms with Crippen LogP contribution in [-0.2, 0) is 4.74 Å². The molecule has 8 heteroatoms. The Morgan fingerprint density at radius 3 is 2.84 bits per heavy atom. The maximum atomic E-state index is 12.5. The highest BCUT2D eigenvalue weighted by Crippen LogP contribution is 2.29. The molecule has 1 aliphatic rings. The molecule has 0 bridgehead atoms. The van der Waals surface area contributed by atoms with Gasteiger partial charge in [-0.2, -0.15) is 0 Å². The van der Waals surface area contributed by atoms with Crippen LogP contribution in [-0.4, -0.2) is 60.1 Å². The summed E-state index contributed by atoms with van der Waals surface area (Å²) in [6.07, 6.45) is 1.44. The van der Waals surface area contributed by atoms with E-state index in [0.29, 0.717) is 30.5 Å². The first-order chi connectivity index (χ1) is 12.1. The third kappa shape index (κ3) is 3.75. The molecule has 25 heavy (non-hydrogen) atoms. The monoisotopic (exact) mass is 344 g/mol. The minimum Gasteiger partial charge on any atom is -0.379 e. The normalized spacial score (nSPS) is 15.2. The standard InChI is InChI=1S/C17H20N4O4/c1-12-2-3-14(21(23)24)13-4-5-18-16(15(12)13)17(22)19-6-7-20-8-10-25-11-9-20/h2-5H,6-11H2,1H3,(H,19,22). The Morgan fingerprint density at radius 1 is 1.36 bits per heavy atom. The predicted molar refractivity (Wildman–Crippen MR) is 92.7 cm³/mol. The molecule has 1 N–H and O–H groups in total. The van der Waals surface area contributed by atoms with Crippen LogP contribution in [0.2, 0.25) is 0 Å². The van der Waals surface area contributed by atoms with Gasteiger partial charge >= 0.3 is 0 Å².